The molecule has 0 spiro atoms. The van der Waals surface area contributed by atoms with Gasteiger partial charge in [0.2, 0.25) is 5.91 Å². The Morgan fingerprint density at radius 1 is 1.03 bits per heavy atom. The molecule has 4 nitrogen and oxygen atoms in total. The summed E-state index contributed by atoms with van der Waals surface area (Å²) in [4.78, 5) is 20.2. The normalized spacial score (nSPS) is 22.6. The van der Waals surface area contributed by atoms with E-state index in [0.29, 0.717) is 0 Å². The van der Waals surface area contributed by atoms with Gasteiger partial charge in [-0.15, -0.1) is 0 Å². The Balaban J connectivity index is 1.31. The summed E-state index contributed by atoms with van der Waals surface area (Å²) >= 11 is 0. The van der Waals surface area contributed by atoms with Crippen molar-refractivity contribution in [3.05, 3.63) is 76.9 Å². The second-order valence-corrected chi connectivity index (χ2v) is 9.47. The standard InChI is InChI=1S/C27H33N3O/c1-28-16-17-30(26(20-28)23-6-3-2-4-7-23)27(31)13-12-22-8-5-9-24-19-29(15-14-25(22)24)18-21-10-11-21/h2-9,12-13,21,26H,10-11,14-20H2,1H3/b13-12+. The van der Waals surface area contributed by atoms with Gasteiger partial charge in [0.15, 0.2) is 0 Å². The number of piperazine rings is 1. The number of fused-ring (bicyclic) bond motifs is 1. The monoisotopic (exact) mass is 415 g/mol. The zero-order valence-electron chi connectivity index (χ0n) is 18.5. The fourth-order valence-electron chi connectivity index (χ4n) is 5.08. The maximum absolute atomic E-state index is 13.2. The summed E-state index contributed by atoms with van der Waals surface area (Å²) in [5.41, 5.74) is 5.28. The number of amides is 1. The summed E-state index contributed by atoms with van der Waals surface area (Å²) < 4.78 is 0. The Labute approximate surface area is 186 Å². The second kappa shape index (κ2) is 8.97. The summed E-state index contributed by atoms with van der Waals surface area (Å²) in [5.74, 6) is 1.05. The zero-order valence-corrected chi connectivity index (χ0v) is 18.5. The molecule has 1 amide bonds. The van der Waals surface area contributed by atoms with E-state index in [1.165, 1.54) is 41.6 Å². The predicted molar refractivity (Wildman–Crippen MR) is 126 cm³/mol. The minimum Gasteiger partial charge on any atom is -0.330 e. The molecule has 1 unspecified atom stereocenters. The van der Waals surface area contributed by atoms with Gasteiger partial charge in [0.05, 0.1) is 6.04 Å². The first kappa shape index (κ1) is 20.5. The molecule has 2 aromatic carbocycles. The van der Waals surface area contributed by atoms with Crippen LogP contribution in [0.15, 0.2) is 54.6 Å². The fourth-order valence-corrected chi connectivity index (χ4v) is 5.08. The first-order valence-corrected chi connectivity index (χ1v) is 11.7. The molecule has 2 fully saturated rings. The van der Waals surface area contributed by atoms with Crippen LogP contribution in [0, 0.1) is 5.92 Å². The lowest BCUT2D eigenvalue weighted by Crippen LogP contribution is -2.48. The van der Waals surface area contributed by atoms with E-state index in [1.807, 2.05) is 11.0 Å². The number of hydrogen-bond donors (Lipinski definition) is 0. The third kappa shape index (κ3) is 4.76. The van der Waals surface area contributed by atoms with Gasteiger partial charge in [0, 0.05) is 45.3 Å². The van der Waals surface area contributed by atoms with E-state index in [-0.39, 0.29) is 11.9 Å². The third-order valence-electron chi connectivity index (χ3n) is 7.05. The van der Waals surface area contributed by atoms with Crippen LogP contribution in [0.5, 0.6) is 0 Å². The van der Waals surface area contributed by atoms with Crippen molar-refractivity contribution in [1.82, 2.24) is 14.7 Å². The fraction of sp³-hybridized carbons (Fsp3) is 0.444. The van der Waals surface area contributed by atoms with Gasteiger partial charge >= 0.3 is 0 Å². The van der Waals surface area contributed by atoms with Crippen LogP contribution in [-0.4, -0.2) is 60.4 Å². The first-order chi connectivity index (χ1) is 15.2. The highest BCUT2D eigenvalue weighted by atomic mass is 16.2. The van der Waals surface area contributed by atoms with Crippen molar-refractivity contribution in [1.29, 1.82) is 0 Å². The van der Waals surface area contributed by atoms with Gasteiger partial charge in [-0.3, -0.25) is 9.69 Å². The molecule has 1 aliphatic carbocycles. The van der Waals surface area contributed by atoms with Gasteiger partial charge in [-0.1, -0.05) is 48.5 Å². The molecule has 1 atom stereocenters. The van der Waals surface area contributed by atoms with Crippen LogP contribution < -0.4 is 0 Å². The molecule has 0 bridgehead atoms. The van der Waals surface area contributed by atoms with Crippen molar-refractivity contribution in [3.63, 3.8) is 0 Å². The summed E-state index contributed by atoms with van der Waals surface area (Å²) in [6.07, 6.45) is 7.75. The molecule has 31 heavy (non-hydrogen) atoms. The van der Waals surface area contributed by atoms with Gasteiger partial charge in [-0.25, -0.2) is 0 Å². The molecular formula is C27H33N3O. The van der Waals surface area contributed by atoms with E-state index in [9.17, 15) is 4.79 Å². The van der Waals surface area contributed by atoms with E-state index in [4.69, 9.17) is 0 Å². The van der Waals surface area contributed by atoms with Crippen molar-refractivity contribution in [2.75, 3.05) is 39.8 Å². The molecule has 1 saturated heterocycles. The molecule has 1 saturated carbocycles. The van der Waals surface area contributed by atoms with Gasteiger partial charge in [0.25, 0.3) is 0 Å². The molecule has 0 radical (unpaired) electrons. The van der Waals surface area contributed by atoms with Crippen LogP contribution in [0.3, 0.4) is 0 Å². The maximum Gasteiger partial charge on any atom is 0.247 e. The lowest BCUT2D eigenvalue weighted by atomic mass is 9.94. The zero-order chi connectivity index (χ0) is 21.2. The summed E-state index contributed by atoms with van der Waals surface area (Å²) in [5, 5.41) is 0. The number of hydrogen-bond acceptors (Lipinski definition) is 3. The van der Waals surface area contributed by atoms with Gasteiger partial charge in [0.1, 0.15) is 0 Å². The van der Waals surface area contributed by atoms with Crippen LogP contribution in [0.1, 0.15) is 41.1 Å². The molecule has 2 heterocycles. The van der Waals surface area contributed by atoms with E-state index in [0.717, 1.165) is 45.1 Å². The van der Waals surface area contributed by atoms with Crippen LogP contribution in [0.25, 0.3) is 6.08 Å². The Kier molecular flexibility index (Phi) is 5.93. The number of carbonyl (C=O) groups excluding carboxylic acids is 1. The molecule has 4 heteroatoms. The van der Waals surface area contributed by atoms with Crippen LogP contribution in [0.2, 0.25) is 0 Å². The highest BCUT2D eigenvalue weighted by Crippen LogP contribution is 2.32. The molecule has 0 aromatic heterocycles. The Hall–Kier alpha value is -2.43. The van der Waals surface area contributed by atoms with E-state index in [1.54, 1.807) is 6.08 Å². The summed E-state index contributed by atoms with van der Waals surface area (Å²) in [7, 11) is 2.14. The Morgan fingerprint density at radius 2 is 1.87 bits per heavy atom. The number of carbonyl (C=O) groups is 1. The SMILES string of the molecule is CN1CCN(C(=O)/C=C/c2cccc3c2CCN(CC2CC2)C3)C(c2ccccc2)C1. The van der Waals surface area contributed by atoms with Crippen molar-refractivity contribution in [3.8, 4) is 0 Å². The lowest BCUT2D eigenvalue weighted by molar-refractivity contribution is -0.130. The average Bonchev–Trinajstić information content (AvgIpc) is 3.62. The number of likely N-dealkylation sites (N-methyl/N-ethyl adjacent to an activating group) is 1. The average molecular weight is 416 g/mol. The molecule has 0 N–H and O–H groups in total. The molecule has 2 aromatic rings. The van der Waals surface area contributed by atoms with Gasteiger partial charge in [-0.05, 0) is 60.6 Å². The van der Waals surface area contributed by atoms with Crippen molar-refractivity contribution in [2.24, 2.45) is 5.92 Å². The first-order valence-electron chi connectivity index (χ1n) is 11.7. The predicted octanol–water partition coefficient (Wildman–Crippen LogP) is 3.98. The highest BCUT2D eigenvalue weighted by molar-refractivity contribution is 5.92. The smallest absolute Gasteiger partial charge is 0.247 e. The second-order valence-electron chi connectivity index (χ2n) is 9.47. The van der Waals surface area contributed by atoms with Gasteiger partial charge < -0.3 is 9.80 Å². The van der Waals surface area contributed by atoms with E-state index < -0.39 is 0 Å². The van der Waals surface area contributed by atoms with Crippen LogP contribution in [-0.2, 0) is 17.8 Å². The van der Waals surface area contributed by atoms with Crippen molar-refractivity contribution < 1.29 is 4.79 Å². The van der Waals surface area contributed by atoms with Crippen LogP contribution >= 0.6 is 0 Å². The summed E-state index contributed by atoms with van der Waals surface area (Å²) in [6.45, 7) is 6.00. The minimum atomic E-state index is 0.109. The molecule has 162 valence electrons. The molecule has 5 rings (SSSR count). The van der Waals surface area contributed by atoms with Crippen molar-refractivity contribution in [2.45, 2.75) is 31.8 Å². The number of rotatable bonds is 5. The molecule has 3 aliphatic rings. The third-order valence-corrected chi connectivity index (χ3v) is 7.05. The molecule has 2 aliphatic heterocycles. The van der Waals surface area contributed by atoms with E-state index >= 15 is 0 Å². The van der Waals surface area contributed by atoms with Gasteiger partial charge in [-0.2, -0.15) is 0 Å². The topological polar surface area (TPSA) is 26.8 Å². The maximum atomic E-state index is 13.2. The number of benzene rings is 2. The molecular weight excluding hydrogens is 382 g/mol. The summed E-state index contributed by atoms with van der Waals surface area (Å²) in [6, 6.07) is 17.1. The quantitative estimate of drug-likeness (QED) is 0.691. The number of nitrogens with zero attached hydrogens (tertiary/aromatic N) is 3. The van der Waals surface area contributed by atoms with Crippen molar-refractivity contribution >= 4 is 12.0 Å². The van der Waals surface area contributed by atoms with Crippen LogP contribution in [0.4, 0.5) is 0 Å². The highest BCUT2D eigenvalue weighted by Gasteiger charge is 2.29. The lowest BCUT2D eigenvalue weighted by Gasteiger charge is -2.40. The largest absolute Gasteiger partial charge is 0.330 e. The Bertz CT molecular complexity index is 950. The minimum absolute atomic E-state index is 0.109. The van der Waals surface area contributed by atoms with E-state index in [2.05, 4.69) is 65.4 Å². The Morgan fingerprint density at radius 3 is 2.68 bits per heavy atom.